The molecule has 0 saturated carbocycles. The van der Waals surface area contributed by atoms with Crippen molar-refractivity contribution in [3.05, 3.63) is 48.5 Å². The SMILES string of the molecule is OCCCCC#CC#CCn1c2ccccc2c2ccccc21. The molecule has 2 aromatic carbocycles. The van der Waals surface area contributed by atoms with Gasteiger partial charge in [-0.15, -0.1) is 0 Å². The summed E-state index contributed by atoms with van der Waals surface area (Å²) in [6.45, 7) is 0.875. The molecule has 114 valence electrons. The summed E-state index contributed by atoms with van der Waals surface area (Å²) in [5, 5.41) is 11.2. The second-order valence-corrected chi connectivity index (χ2v) is 5.40. The van der Waals surface area contributed by atoms with Gasteiger partial charge in [-0.3, -0.25) is 0 Å². The lowest BCUT2D eigenvalue weighted by atomic mass is 10.2. The van der Waals surface area contributed by atoms with Crippen LogP contribution in [0.2, 0.25) is 0 Å². The number of benzene rings is 2. The number of aliphatic hydroxyl groups excluding tert-OH is 1. The Bertz CT molecular complexity index is 875. The smallest absolute Gasteiger partial charge is 0.0853 e. The summed E-state index contributed by atoms with van der Waals surface area (Å²) in [5.74, 6) is 12.0. The molecule has 0 amide bonds. The zero-order chi connectivity index (χ0) is 15.9. The summed E-state index contributed by atoms with van der Waals surface area (Å²) >= 11 is 0. The van der Waals surface area contributed by atoms with E-state index in [2.05, 4.69) is 76.8 Å². The number of fused-ring (bicyclic) bond motifs is 3. The number of rotatable bonds is 4. The molecule has 0 aliphatic heterocycles. The lowest BCUT2D eigenvalue weighted by Crippen LogP contribution is -1.94. The van der Waals surface area contributed by atoms with E-state index in [0.717, 1.165) is 19.3 Å². The predicted molar refractivity (Wildman–Crippen MR) is 95.9 cm³/mol. The molecule has 0 aliphatic rings. The molecule has 0 bridgehead atoms. The van der Waals surface area contributed by atoms with E-state index in [4.69, 9.17) is 5.11 Å². The quantitative estimate of drug-likeness (QED) is 0.572. The van der Waals surface area contributed by atoms with Gasteiger partial charge in [-0.05, 0) is 36.8 Å². The predicted octanol–water partition coefficient (Wildman–Crippen LogP) is 3.96. The van der Waals surface area contributed by atoms with Crippen molar-refractivity contribution in [1.29, 1.82) is 0 Å². The van der Waals surface area contributed by atoms with Crippen molar-refractivity contribution in [2.75, 3.05) is 6.61 Å². The average molecular weight is 301 g/mol. The fourth-order valence-corrected chi connectivity index (χ4v) is 2.77. The van der Waals surface area contributed by atoms with Crippen molar-refractivity contribution in [3.63, 3.8) is 0 Å². The first-order valence-electron chi connectivity index (χ1n) is 7.94. The third-order valence-electron chi connectivity index (χ3n) is 3.87. The normalized spacial score (nSPS) is 10.1. The van der Waals surface area contributed by atoms with E-state index in [0.29, 0.717) is 6.54 Å². The van der Waals surface area contributed by atoms with Gasteiger partial charge in [0.1, 0.15) is 0 Å². The summed E-state index contributed by atoms with van der Waals surface area (Å²) in [4.78, 5) is 0. The van der Waals surface area contributed by atoms with Gasteiger partial charge >= 0.3 is 0 Å². The first-order chi connectivity index (χ1) is 11.4. The maximum atomic E-state index is 8.71. The lowest BCUT2D eigenvalue weighted by Gasteiger charge is -2.01. The largest absolute Gasteiger partial charge is 0.396 e. The minimum atomic E-state index is 0.237. The van der Waals surface area contributed by atoms with Gasteiger partial charge in [0.05, 0.1) is 6.54 Å². The molecule has 3 rings (SSSR count). The van der Waals surface area contributed by atoms with Crippen LogP contribution >= 0.6 is 0 Å². The molecule has 0 unspecified atom stereocenters. The number of hydrogen-bond donors (Lipinski definition) is 1. The van der Waals surface area contributed by atoms with Crippen molar-refractivity contribution < 1.29 is 5.11 Å². The molecule has 0 spiro atoms. The van der Waals surface area contributed by atoms with E-state index in [1.54, 1.807) is 0 Å². The van der Waals surface area contributed by atoms with Crippen LogP contribution in [0.15, 0.2) is 48.5 Å². The molecule has 2 heteroatoms. The molecule has 23 heavy (non-hydrogen) atoms. The Balaban J connectivity index is 1.83. The van der Waals surface area contributed by atoms with Crippen molar-refractivity contribution in [1.82, 2.24) is 4.57 Å². The van der Waals surface area contributed by atoms with Gasteiger partial charge in [0.15, 0.2) is 0 Å². The molecule has 1 aromatic heterocycles. The molecule has 1 heterocycles. The Morgan fingerprint density at radius 1 is 0.783 bits per heavy atom. The number of hydrogen-bond acceptors (Lipinski definition) is 1. The first-order valence-corrected chi connectivity index (χ1v) is 7.94. The number of aliphatic hydroxyl groups is 1. The van der Waals surface area contributed by atoms with Crippen molar-refractivity contribution >= 4 is 21.8 Å². The van der Waals surface area contributed by atoms with Gasteiger partial charge in [-0.25, -0.2) is 0 Å². The van der Waals surface area contributed by atoms with E-state index >= 15 is 0 Å². The Labute approximate surface area is 136 Å². The number of unbranched alkanes of at least 4 members (excludes halogenated alkanes) is 2. The number of aromatic nitrogens is 1. The van der Waals surface area contributed by atoms with Crippen LogP contribution in [0, 0.1) is 23.7 Å². The number of nitrogens with zero attached hydrogens (tertiary/aromatic N) is 1. The van der Waals surface area contributed by atoms with Crippen LogP contribution in [0.1, 0.15) is 19.3 Å². The molecule has 2 nitrogen and oxygen atoms in total. The highest BCUT2D eigenvalue weighted by Gasteiger charge is 2.07. The van der Waals surface area contributed by atoms with E-state index in [9.17, 15) is 0 Å². The lowest BCUT2D eigenvalue weighted by molar-refractivity contribution is 0.285. The van der Waals surface area contributed by atoms with Crippen molar-refractivity contribution in [3.8, 4) is 23.7 Å². The Morgan fingerprint density at radius 3 is 2.04 bits per heavy atom. The molecule has 3 aromatic rings. The monoisotopic (exact) mass is 301 g/mol. The zero-order valence-corrected chi connectivity index (χ0v) is 13.0. The number of para-hydroxylation sites is 2. The highest BCUT2D eigenvalue weighted by atomic mass is 16.2. The van der Waals surface area contributed by atoms with Gasteiger partial charge in [-0.2, -0.15) is 0 Å². The maximum Gasteiger partial charge on any atom is 0.0853 e. The van der Waals surface area contributed by atoms with Crippen LogP contribution in [-0.2, 0) is 6.54 Å². The maximum absolute atomic E-state index is 8.71. The van der Waals surface area contributed by atoms with E-state index in [1.807, 2.05) is 0 Å². The third-order valence-corrected chi connectivity index (χ3v) is 3.87. The first kappa shape index (κ1) is 15.2. The minimum Gasteiger partial charge on any atom is -0.396 e. The van der Waals surface area contributed by atoms with Gasteiger partial charge < -0.3 is 9.67 Å². The summed E-state index contributed by atoms with van der Waals surface area (Å²) in [6.07, 6.45) is 2.53. The van der Waals surface area contributed by atoms with Gasteiger partial charge in [-0.1, -0.05) is 48.2 Å². The fourth-order valence-electron chi connectivity index (χ4n) is 2.77. The van der Waals surface area contributed by atoms with Crippen LogP contribution in [0.25, 0.3) is 21.8 Å². The topological polar surface area (TPSA) is 25.2 Å². The molecule has 0 radical (unpaired) electrons. The van der Waals surface area contributed by atoms with Gasteiger partial charge in [0.25, 0.3) is 0 Å². The Hall–Kier alpha value is -2.68. The van der Waals surface area contributed by atoms with Crippen LogP contribution in [0.5, 0.6) is 0 Å². The van der Waals surface area contributed by atoms with Gasteiger partial charge in [0.2, 0.25) is 0 Å². The zero-order valence-electron chi connectivity index (χ0n) is 13.0. The summed E-state index contributed by atoms with van der Waals surface area (Å²) in [7, 11) is 0. The molecular formula is C21H19NO. The van der Waals surface area contributed by atoms with Crippen LogP contribution < -0.4 is 0 Å². The molecule has 0 saturated heterocycles. The van der Waals surface area contributed by atoms with Crippen molar-refractivity contribution in [2.45, 2.75) is 25.8 Å². The van der Waals surface area contributed by atoms with E-state index in [-0.39, 0.29) is 6.61 Å². The highest BCUT2D eigenvalue weighted by molar-refractivity contribution is 6.08. The molecule has 0 fully saturated rings. The second-order valence-electron chi connectivity index (χ2n) is 5.40. The van der Waals surface area contributed by atoms with Crippen LogP contribution in [-0.4, -0.2) is 16.3 Å². The summed E-state index contributed by atoms with van der Waals surface area (Å²) < 4.78 is 2.24. The van der Waals surface area contributed by atoms with E-state index < -0.39 is 0 Å². The van der Waals surface area contributed by atoms with Crippen LogP contribution in [0.4, 0.5) is 0 Å². The standard InChI is InChI=1S/C21H19NO/c23-17-11-5-3-1-2-4-10-16-22-20-14-8-6-12-18(20)19-13-7-9-15-21(19)22/h6-9,12-15,23H,3,5,11,16-17H2. The van der Waals surface area contributed by atoms with Crippen LogP contribution in [0.3, 0.4) is 0 Å². The molecular weight excluding hydrogens is 282 g/mol. The molecule has 1 N–H and O–H groups in total. The summed E-state index contributed by atoms with van der Waals surface area (Å²) in [6, 6.07) is 16.9. The minimum absolute atomic E-state index is 0.237. The molecule has 0 atom stereocenters. The highest BCUT2D eigenvalue weighted by Crippen LogP contribution is 2.28. The molecule has 0 aliphatic carbocycles. The van der Waals surface area contributed by atoms with E-state index in [1.165, 1.54) is 21.8 Å². The summed E-state index contributed by atoms with van der Waals surface area (Å²) in [5.41, 5.74) is 2.41. The third kappa shape index (κ3) is 3.39. The fraction of sp³-hybridized carbons (Fsp3) is 0.238. The Morgan fingerprint density at radius 2 is 1.39 bits per heavy atom. The second kappa shape index (κ2) is 7.54. The Kier molecular flexibility index (Phi) is 4.99. The van der Waals surface area contributed by atoms with Crippen molar-refractivity contribution in [2.24, 2.45) is 0 Å². The average Bonchev–Trinajstić information content (AvgIpc) is 2.92. The van der Waals surface area contributed by atoms with Gasteiger partial charge in [0, 0.05) is 34.8 Å².